The number of rotatable bonds is 10. The first-order valence-corrected chi connectivity index (χ1v) is 12.8. The van der Waals surface area contributed by atoms with Crippen LogP contribution in [0.15, 0.2) is 24.3 Å². The van der Waals surface area contributed by atoms with Crippen molar-refractivity contribution in [2.75, 3.05) is 54.4 Å². The van der Waals surface area contributed by atoms with Crippen molar-refractivity contribution in [2.45, 2.75) is 47.1 Å². The second kappa shape index (κ2) is 11.3. The van der Waals surface area contributed by atoms with E-state index in [2.05, 4.69) is 38.9 Å². The van der Waals surface area contributed by atoms with Crippen LogP contribution in [-0.2, 0) is 11.3 Å². The number of aromatic nitrogens is 5. The number of imidazole rings is 1. The summed E-state index contributed by atoms with van der Waals surface area (Å²) in [4.78, 5) is 41.4. The molecular formula is C25H37N9O. The van der Waals surface area contributed by atoms with Crippen LogP contribution in [0.4, 0.5) is 17.8 Å². The maximum atomic E-state index is 13.0. The van der Waals surface area contributed by atoms with E-state index in [1.54, 1.807) is 0 Å². The predicted octanol–water partition coefficient (Wildman–Crippen LogP) is 3.29. The molecule has 10 heteroatoms. The van der Waals surface area contributed by atoms with Crippen LogP contribution in [0.5, 0.6) is 0 Å². The highest BCUT2D eigenvalue weighted by Gasteiger charge is 2.30. The molecule has 0 bridgehead atoms. The Morgan fingerprint density at radius 1 is 1.06 bits per heavy atom. The van der Waals surface area contributed by atoms with Crippen molar-refractivity contribution in [3.05, 3.63) is 30.1 Å². The topological polar surface area (TPSA) is 106 Å². The average molecular weight is 480 g/mol. The van der Waals surface area contributed by atoms with Crippen molar-refractivity contribution >= 4 is 34.8 Å². The van der Waals surface area contributed by atoms with Gasteiger partial charge >= 0.3 is 0 Å². The molecule has 1 aliphatic heterocycles. The highest BCUT2D eigenvalue weighted by atomic mass is 16.2. The lowest BCUT2D eigenvalue weighted by molar-refractivity contribution is -0.135. The predicted molar refractivity (Wildman–Crippen MR) is 140 cm³/mol. The number of hydrogen-bond acceptors (Lipinski definition) is 8. The molecule has 0 spiro atoms. The van der Waals surface area contributed by atoms with Crippen molar-refractivity contribution in [3.8, 4) is 0 Å². The van der Waals surface area contributed by atoms with E-state index in [9.17, 15) is 4.79 Å². The molecule has 35 heavy (non-hydrogen) atoms. The Morgan fingerprint density at radius 3 is 2.54 bits per heavy atom. The zero-order valence-corrected chi connectivity index (χ0v) is 21.3. The molecule has 188 valence electrons. The average Bonchev–Trinajstić information content (AvgIpc) is 3.32. The Kier molecular flexibility index (Phi) is 7.99. The molecule has 1 fully saturated rings. The zero-order valence-electron chi connectivity index (χ0n) is 21.3. The fourth-order valence-corrected chi connectivity index (χ4v) is 4.63. The Morgan fingerprint density at radius 2 is 1.83 bits per heavy atom. The summed E-state index contributed by atoms with van der Waals surface area (Å²) in [5, 5.41) is 3.33. The van der Waals surface area contributed by atoms with Crippen LogP contribution in [0.3, 0.4) is 0 Å². The first kappa shape index (κ1) is 24.7. The molecule has 10 nitrogen and oxygen atoms in total. The van der Waals surface area contributed by atoms with Crippen LogP contribution in [0.2, 0.25) is 0 Å². The summed E-state index contributed by atoms with van der Waals surface area (Å²) in [5.41, 5.74) is 1.93. The number of fused-ring (bicyclic) bond motifs is 1. The van der Waals surface area contributed by atoms with Gasteiger partial charge in [0, 0.05) is 39.3 Å². The van der Waals surface area contributed by atoms with Crippen molar-refractivity contribution in [1.29, 1.82) is 0 Å². The lowest BCUT2D eigenvalue weighted by Crippen LogP contribution is -2.45. The maximum absolute atomic E-state index is 13.0. The molecule has 1 amide bonds. The van der Waals surface area contributed by atoms with Gasteiger partial charge in [0.15, 0.2) is 0 Å². The molecule has 4 rings (SSSR count). The number of H-pyrrole nitrogens is 1. The molecule has 1 unspecified atom stereocenters. The summed E-state index contributed by atoms with van der Waals surface area (Å²) in [6.45, 7) is 13.2. The molecule has 1 aromatic carbocycles. The van der Waals surface area contributed by atoms with Crippen LogP contribution in [0.25, 0.3) is 11.0 Å². The van der Waals surface area contributed by atoms with Crippen molar-refractivity contribution in [3.63, 3.8) is 0 Å². The van der Waals surface area contributed by atoms with E-state index in [0.29, 0.717) is 30.9 Å². The SMILES string of the molecule is CCN(CC)C(=O)C1CCCN(c2nc(NCc3nc4ccccc4[nH]3)nc(N(CC)CC)n2)C1. The number of nitrogens with one attached hydrogen (secondary N) is 2. The number of anilines is 3. The molecule has 1 saturated heterocycles. The van der Waals surface area contributed by atoms with Gasteiger partial charge in [0.25, 0.3) is 0 Å². The number of para-hydroxylation sites is 2. The molecule has 2 aromatic heterocycles. The Bertz CT molecular complexity index is 1090. The van der Waals surface area contributed by atoms with E-state index < -0.39 is 0 Å². The van der Waals surface area contributed by atoms with Gasteiger partial charge in [-0.3, -0.25) is 4.79 Å². The fraction of sp³-hybridized carbons (Fsp3) is 0.560. The number of nitrogens with zero attached hydrogens (tertiary/aromatic N) is 7. The normalized spacial score (nSPS) is 15.9. The number of aromatic amines is 1. The second-order valence-corrected chi connectivity index (χ2v) is 8.78. The minimum atomic E-state index is -0.0377. The highest BCUT2D eigenvalue weighted by molar-refractivity contribution is 5.79. The van der Waals surface area contributed by atoms with Crippen molar-refractivity contribution in [1.82, 2.24) is 29.8 Å². The summed E-state index contributed by atoms with van der Waals surface area (Å²) < 4.78 is 0. The summed E-state index contributed by atoms with van der Waals surface area (Å²) in [6, 6.07) is 7.97. The molecule has 2 N–H and O–H groups in total. The molecular weight excluding hydrogens is 442 g/mol. The monoisotopic (exact) mass is 479 g/mol. The minimum Gasteiger partial charge on any atom is -0.347 e. The van der Waals surface area contributed by atoms with Gasteiger partial charge in [0.2, 0.25) is 23.8 Å². The minimum absolute atomic E-state index is 0.0377. The molecule has 0 saturated carbocycles. The largest absolute Gasteiger partial charge is 0.347 e. The van der Waals surface area contributed by atoms with E-state index in [-0.39, 0.29) is 11.8 Å². The molecule has 1 aliphatic rings. The smallest absolute Gasteiger partial charge is 0.231 e. The Labute approximate surface area is 207 Å². The van der Waals surface area contributed by atoms with Crippen molar-refractivity contribution in [2.24, 2.45) is 5.92 Å². The summed E-state index contributed by atoms with van der Waals surface area (Å²) in [7, 11) is 0. The highest BCUT2D eigenvalue weighted by Crippen LogP contribution is 2.25. The lowest BCUT2D eigenvalue weighted by atomic mass is 9.96. The summed E-state index contributed by atoms with van der Waals surface area (Å²) >= 11 is 0. The third-order valence-electron chi connectivity index (χ3n) is 6.64. The first-order chi connectivity index (χ1) is 17.1. The van der Waals surface area contributed by atoms with E-state index in [1.165, 1.54) is 0 Å². The van der Waals surface area contributed by atoms with Crippen LogP contribution in [0.1, 0.15) is 46.4 Å². The van der Waals surface area contributed by atoms with Gasteiger partial charge in [0.1, 0.15) is 5.82 Å². The van der Waals surface area contributed by atoms with Gasteiger partial charge in [-0.2, -0.15) is 15.0 Å². The number of carbonyl (C=O) groups is 1. The van der Waals surface area contributed by atoms with E-state index >= 15 is 0 Å². The summed E-state index contributed by atoms with van der Waals surface area (Å²) in [5.74, 6) is 2.77. The molecule has 0 radical (unpaired) electrons. The fourth-order valence-electron chi connectivity index (χ4n) is 4.63. The van der Waals surface area contributed by atoms with Crippen LogP contribution in [0, 0.1) is 5.92 Å². The van der Waals surface area contributed by atoms with Gasteiger partial charge in [-0.15, -0.1) is 0 Å². The lowest BCUT2D eigenvalue weighted by Gasteiger charge is -2.35. The maximum Gasteiger partial charge on any atom is 0.231 e. The van der Waals surface area contributed by atoms with Crippen LogP contribution in [-0.4, -0.2) is 75.0 Å². The van der Waals surface area contributed by atoms with Gasteiger partial charge in [-0.1, -0.05) is 12.1 Å². The Hall–Kier alpha value is -3.43. The molecule has 3 aromatic rings. The van der Waals surface area contributed by atoms with Crippen molar-refractivity contribution < 1.29 is 4.79 Å². The van der Waals surface area contributed by atoms with Crippen LogP contribution < -0.4 is 15.1 Å². The number of hydrogen-bond donors (Lipinski definition) is 2. The second-order valence-electron chi connectivity index (χ2n) is 8.78. The number of carbonyl (C=O) groups excluding carboxylic acids is 1. The number of piperidine rings is 1. The van der Waals surface area contributed by atoms with E-state index in [1.807, 2.05) is 43.0 Å². The van der Waals surface area contributed by atoms with Gasteiger partial charge in [0.05, 0.1) is 23.5 Å². The zero-order chi connectivity index (χ0) is 24.8. The van der Waals surface area contributed by atoms with E-state index in [4.69, 9.17) is 15.0 Å². The van der Waals surface area contributed by atoms with Crippen LogP contribution >= 0.6 is 0 Å². The molecule has 0 aliphatic carbocycles. The Balaban J connectivity index is 1.56. The van der Waals surface area contributed by atoms with Gasteiger partial charge in [-0.05, 0) is 52.7 Å². The quantitative estimate of drug-likeness (QED) is 0.456. The first-order valence-electron chi connectivity index (χ1n) is 12.8. The number of amides is 1. The van der Waals surface area contributed by atoms with Gasteiger partial charge < -0.3 is 25.0 Å². The number of benzene rings is 1. The third kappa shape index (κ3) is 5.63. The summed E-state index contributed by atoms with van der Waals surface area (Å²) in [6.07, 6.45) is 1.84. The standard InChI is InChI=1S/C25H37N9O/c1-5-32(6-2)22(35)18-12-11-15-34(17-18)25-30-23(29-24(31-25)33(7-3)8-4)26-16-21-27-19-13-9-10-14-20(19)28-21/h9-10,13-14,18H,5-8,11-12,15-17H2,1-4H3,(H,27,28)(H,26,29,30,31). The molecule has 1 atom stereocenters. The third-order valence-corrected chi connectivity index (χ3v) is 6.64. The van der Waals surface area contributed by atoms with E-state index in [0.717, 1.165) is 62.4 Å². The molecule has 3 heterocycles. The van der Waals surface area contributed by atoms with Gasteiger partial charge in [-0.25, -0.2) is 4.98 Å².